The molecule has 2 amide bonds. The van der Waals surface area contributed by atoms with Crippen LogP contribution in [0.25, 0.3) is 0 Å². The molecular weight excluding hydrogens is 322 g/mol. The number of carbonyl (C=O) groups is 2. The fourth-order valence-corrected chi connectivity index (χ4v) is 3.13. The van der Waals surface area contributed by atoms with E-state index in [9.17, 15) is 9.59 Å². The molecule has 0 saturated heterocycles. The molecule has 130 valence electrons. The van der Waals surface area contributed by atoms with Crippen molar-refractivity contribution in [2.24, 2.45) is 5.92 Å². The minimum Gasteiger partial charge on any atom is -0.352 e. The van der Waals surface area contributed by atoms with Crippen LogP contribution in [0.3, 0.4) is 0 Å². The first-order chi connectivity index (χ1) is 11.6. The molecule has 0 radical (unpaired) electrons. The first kappa shape index (κ1) is 18.4. The van der Waals surface area contributed by atoms with Gasteiger partial charge in [-0.2, -0.15) is 0 Å². The summed E-state index contributed by atoms with van der Waals surface area (Å²) in [6, 6.07) is 7.07. The fourth-order valence-electron chi connectivity index (χ4n) is 2.90. The third-order valence-corrected chi connectivity index (χ3v) is 4.32. The maximum Gasteiger partial charge on any atom is 0.251 e. The number of amides is 2. The smallest absolute Gasteiger partial charge is 0.251 e. The Morgan fingerprint density at radius 2 is 2.00 bits per heavy atom. The van der Waals surface area contributed by atoms with E-state index in [-0.39, 0.29) is 16.9 Å². The summed E-state index contributed by atoms with van der Waals surface area (Å²) in [6.07, 6.45) is 6.11. The lowest BCUT2D eigenvalue weighted by atomic mass is 10.0. The summed E-state index contributed by atoms with van der Waals surface area (Å²) in [5, 5.41) is 8.79. The molecule has 1 saturated carbocycles. The molecule has 0 unspecified atom stereocenters. The zero-order valence-electron chi connectivity index (χ0n) is 14.1. The van der Waals surface area contributed by atoms with Gasteiger partial charge in [-0.25, -0.2) is 0 Å². The Morgan fingerprint density at radius 3 is 2.71 bits per heavy atom. The maximum absolute atomic E-state index is 12.0. The van der Waals surface area contributed by atoms with E-state index in [1.54, 1.807) is 18.2 Å². The van der Waals surface area contributed by atoms with Crippen LogP contribution in [0, 0.1) is 5.92 Å². The van der Waals surface area contributed by atoms with Gasteiger partial charge in [-0.15, -0.1) is 0 Å². The van der Waals surface area contributed by atoms with E-state index < -0.39 is 0 Å². The number of carbonyl (C=O) groups excluding carboxylic acids is 2. The second-order valence-electron chi connectivity index (χ2n) is 6.19. The number of anilines is 1. The molecule has 1 aromatic carbocycles. The SMILES string of the molecule is CCCNC(=O)c1cccc(NC(=S)NC(=O)CC2CCCC2)c1. The summed E-state index contributed by atoms with van der Waals surface area (Å²) in [7, 11) is 0. The molecule has 0 heterocycles. The zero-order valence-corrected chi connectivity index (χ0v) is 14.9. The monoisotopic (exact) mass is 347 g/mol. The molecule has 0 aromatic heterocycles. The predicted molar refractivity (Wildman–Crippen MR) is 100 cm³/mol. The lowest BCUT2D eigenvalue weighted by molar-refractivity contribution is -0.120. The van der Waals surface area contributed by atoms with Crippen LogP contribution in [0.5, 0.6) is 0 Å². The van der Waals surface area contributed by atoms with Crippen molar-refractivity contribution >= 4 is 34.8 Å². The van der Waals surface area contributed by atoms with E-state index in [4.69, 9.17) is 12.2 Å². The van der Waals surface area contributed by atoms with Crippen LogP contribution >= 0.6 is 12.2 Å². The quantitative estimate of drug-likeness (QED) is 0.691. The van der Waals surface area contributed by atoms with Crippen LogP contribution in [-0.2, 0) is 4.79 Å². The highest BCUT2D eigenvalue weighted by atomic mass is 32.1. The van der Waals surface area contributed by atoms with Gasteiger partial charge >= 0.3 is 0 Å². The van der Waals surface area contributed by atoms with Crippen molar-refractivity contribution in [2.75, 3.05) is 11.9 Å². The molecule has 0 atom stereocenters. The Morgan fingerprint density at radius 1 is 1.25 bits per heavy atom. The van der Waals surface area contributed by atoms with Crippen molar-refractivity contribution in [1.29, 1.82) is 0 Å². The van der Waals surface area contributed by atoms with Gasteiger partial charge in [0.25, 0.3) is 5.91 Å². The fraction of sp³-hybridized carbons (Fsp3) is 0.500. The summed E-state index contributed by atoms with van der Waals surface area (Å²) < 4.78 is 0. The lowest BCUT2D eigenvalue weighted by Crippen LogP contribution is -2.35. The summed E-state index contributed by atoms with van der Waals surface area (Å²) in [5.74, 6) is 0.325. The Balaban J connectivity index is 1.84. The van der Waals surface area contributed by atoms with Crippen molar-refractivity contribution in [3.05, 3.63) is 29.8 Å². The summed E-state index contributed by atoms with van der Waals surface area (Å²) >= 11 is 5.19. The molecule has 0 bridgehead atoms. The van der Waals surface area contributed by atoms with Gasteiger partial charge in [0, 0.05) is 24.2 Å². The molecule has 24 heavy (non-hydrogen) atoms. The first-order valence-electron chi connectivity index (χ1n) is 8.57. The highest BCUT2D eigenvalue weighted by Crippen LogP contribution is 2.27. The number of nitrogens with one attached hydrogen (secondary N) is 3. The van der Waals surface area contributed by atoms with Gasteiger partial charge in [-0.1, -0.05) is 25.8 Å². The number of hydrogen-bond acceptors (Lipinski definition) is 3. The third kappa shape index (κ3) is 5.92. The van der Waals surface area contributed by atoms with Crippen molar-refractivity contribution < 1.29 is 9.59 Å². The van der Waals surface area contributed by atoms with E-state index in [1.165, 1.54) is 12.8 Å². The Hall–Kier alpha value is -1.95. The molecule has 2 rings (SSSR count). The van der Waals surface area contributed by atoms with Gasteiger partial charge in [-0.05, 0) is 55.6 Å². The Labute approximate surface area is 148 Å². The normalized spacial score (nSPS) is 14.2. The van der Waals surface area contributed by atoms with Crippen molar-refractivity contribution in [3.8, 4) is 0 Å². The van der Waals surface area contributed by atoms with Gasteiger partial charge in [0.2, 0.25) is 5.91 Å². The molecule has 5 nitrogen and oxygen atoms in total. The highest BCUT2D eigenvalue weighted by Gasteiger charge is 2.18. The molecule has 0 aliphatic heterocycles. The van der Waals surface area contributed by atoms with E-state index in [0.717, 1.165) is 19.3 Å². The van der Waals surface area contributed by atoms with Gasteiger partial charge in [0.1, 0.15) is 0 Å². The van der Waals surface area contributed by atoms with Crippen LogP contribution in [0.15, 0.2) is 24.3 Å². The molecular formula is C18H25N3O2S. The Kier molecular flexibility index (Phi) is 7.18. The number of thiocarbonyl (C=S) groups is 1. The molecule has 1 aliphatic rings. The van der Waals surface area contributed by atoms with Crippen molar-refractivity contribution in [1.82, 2.24) is 10.6 Å². The summed E-state index contributed by atoms with van der Waals surface area (Å²) in [6.45, 7) is 2.65. The van der Waals surface area contributed by atoms with E-state index >= 15 is 0 Å². The zero-order chi connectivity index (χ0) is 17.4. The van der Waals surface area contributed by atoms with Crippen LogP contribution < -0.4 is 16.0 Å². The number of benzene rings is 1. The molecule has 1 aliphatic carbocycles. The van der Waals surface area contributed by atoms with Gasteiger partial charge < -0.3 is 16.0 Å². The van der Waals surface area contributed by atoms with Crippen LogP contribution in [0.4, 0.5) is 5.69 Å². The van der Waals surface area contributed by atoms with E-state index in [2.05, 4.69) is 16.0 Å². The van der Waals surface area contributed by atoms with Crippen molar-refractivity contribution in [2.45, 2.75) is 45.4 Å². The van der Waals surface area contributed by atoms with Gasteiger partial charge in [-0.3, -0.25) is 9.59 Å². The van der Waals surface area contributed by atoms with E-state index in [0.29, 0.717) is 30.1 Å². The van der Waals surface area contributed by atoms with Crippen molar-refractivity contribution in [3.63, 3.8) is 0 Å². The number of rotatable bonds is 6. The standard InChI is InChI=1S/C18H25N3O2S/c1-2-10-19-17(23)14-8-5-9-15(12-14)20-18(24)21-16(22)11-13-6-3-4-7-13/h5,8-9,12-13H,2-4,6-7,10-11H2,1H3,(H,19,23)(H2,20,21,22,24). The first-order valence-corrected chi connectivity index (χ1v) is 8.98. The lowest BCUT2D eigenvalue weighted by Gasteiger charge is -2.12. The van der Waals surface area contributed by atoms with Crippen LogP contribution in [-0.4, -0.2) is 23.5 Å². The molecule has 1 aromatic rings. The average Bonchev–Trinajstić information content (AvgIpc) is 3.05. The van der Waals surface area contributed by atoms with Crippen LogP contribution in [0.2, 0.25) is 0 Å². The minimum absolute atomic E-state index is 0.0451. The largest absolute Gasteiger partial charge is 0.352 e. The molecule has 0 spiro atoms. The van der Waals surface area contributed by atoms with Gasteiger partial charge in [0.05, 0.1) is 0 Å². The summed E-state index contributed by atoms with van der Waals surface area (Å²) in [5.41, 5.74) is 1.25. The minimum atomic E-state index is -0.114. The van der Waals surface area contributed by atoms with Gasteiger partial charge in [0.15, 0.2) is 5.11 Å². The third-order valence-electron chi connectivity index (χ3n) is 4.12. The van der Waals surface area contributed by atoms with E-state index in [1.807, 2.05) is 13.0 Å². The Bertz CT molecular complexity index is 598. The topological polar surface area (TPSA) is 70.2 Å². The second kappa shape index (κ2) is 9.37. The molecule has 1 fully saturated rings. The number of hydrogen-bond donors (Lipinski definition) is 3. The highest BCUT2D eigenvalue weighted by molar-refractivity contribution is 7.80. The second-order valence-corrected chi connectivity index (χ2v) is 6.60. The molecule has 6 heteroatoms. The summed E-state index contributed by atoms with van der Waals surface area (Å²) in [4.78, 5) is 24.0. The molecule has 3 N–H and O–H groups in total. The average molecular weight is 347 g/mol. The van der Waals surface area contributed by atoms with Crippen LogP contribution in [0.1, 0.15) is 55.8 Å². The predicted octanol–water partition coefficient (Wildman–Crippen LogP) is 3.22. The maximum atomic E-state index is 12.0.